The molecule has 4 aromatic carbocycles. The Morgan fingerprint density at radius 3 is 2.31 bits per heavy atom. The molecular weight excluding hydrogens is 699 g/mol. The van der Waals surface area contributed by atoms with E-state index in [2.05, 4.69) is 57.2 Å². The van der Waals surface area contributed by atoms with E-state index in [0.717, 1.165) is 27.7 Å². The Morgan fingerprint density at radius 1 is 0.800 bits per heavy atom. The van der Waals surface area contributed by atoms with E-state index in [4.69, 9.17) is 19.1 Å². The number of carbonyl (C=O) groups excluding carboxylic acids is 2. The maximum atomic E-state index is 13.5. The van der Waals surface area contributed by atoms with E-state index in [9.17, 15) is 9.59 Å². The number of anilines is 5. The van der Waals surface area contributed by atoms with Crippen LogP contribution in [0.1, 0.15) is 52.8 Å². The first-order valence-electron chi connectivity index (χ1n) is 17.6. The van der Waals surface area contributed by atoms with Gasteiger partial charge in [-0.25, -0.2) is 19.3 Å². The van der Waals surface area contributed by atoms with Crippen LogP contribution < -0.4 is 26.0 Å². The fraction of sp³-hybridized carbons (Fsp3) is 0.220. The number of carbonyl (C=O) groups is 2. The van der Waals surface area contributed by atoms with E-state index >= 15 is 0 Å². The molecule has 7 rings (SSSR count). The van der Waals surface area contributed by atoms with E-state index in [1.165, 1.54) is 0 Å². The summed E-state index contributed by atoms with van der Waals surface area (Å²) in [6.07, 6.45) is 0.929. The normalized spacial score (nSPS) is 11.7. The number of rotatable bonds is 8. The van der Waals surface area contributed by atoms with Crippen LogP contribution in [-0.2, 0) is 10.2 Å². The molecule has 55 heavy (non-hydrogen) atoms. The van der Waals surface area contributed by atoms with Crippen molar-refractivity contribution in [2.45, 2.75) is 59.5 Å². The number of nitrogens with zero attached hydrogens (tertiary/aromatic N) is 5. The smallest absolute Gasteiger partial charge is 0.413 e. The molecule has 0 aliphatic heterocycles. The van der Waals surface area contributed by atoms with Crippen molar-refractivity contribution in [2.75, 3.05) is 21.3 Å². The average molecular weight is 740 g/mol. The fourth-order valence-corrected chi connectivity index (χ4v) is 5.67. The van der Waals surface area contributed by atoms with Gasteiger partial charge in [-0.05, 0) is 70.2 Å². The molecule has 0 aliphatic carbocycles. The summed E-state index contributed by atoms with van der Waals surface area (Å²) in [5.74, 6) is 1.86. The molecule has 7 aromatic rings. The monoisotopic (exact) mass is 739 g/mol. The molecule has 280 valence electrons. The largest absolute Gasteiger partial charge is 0.444 e. The summed E-state index contributed by atoms with van der Waals surface area (Å²) in [6, 6.07) is 27.5. The van der Waals surface area contributed by atoms with Gasteiger partial charge in [0.2, 0.25) is 11.8 Å². The lowest BCUT2D eigenvalue weighted by molar-refractivity contribution is 0.0634. The zero-order valence-electron chi connectivity index (χ0n) is 31.5. The van der Waals surface area contributed by atoms with E-state index in [-0.39, 0.29) is 17.2 Å². The molecule has 0 radical (unpaired) electrons. The molecule has 0 fully saturated rings. The van der Waals surface area contributed by atoms with E-state index in [0.29, 0.717) is 39.8 Å². The predicted molar refractivity (Wildman–Crippen MR) is 213 cm³/mol. The van der Waals surface area contributed by atoms with Crippen LogP contribution in [0.2, 0.25) is 0 Å². The highest BCUT2D eigenvalue weighted by Gasteiger charge is 2.23. The molecule has 3 amide bonds. The van der Waals surface area contributed by atoms with Gasteiger partial charge in [-0.15, -0.1) is 0 Å². The summed E-state index contributed by atoms with van der Waals surface area (Å²) in [6.45, 7) is 13.6. The lowest BCUT2D eigenvalue weighted by atomic mass is 9.92. The summed E-state index contributed by atoms with van der Waals surface area (Å²) in [5.41, 5.74) is 3.59. The summed E-state index contributed by atoms with van der Waals surface area (Å²) < 4.78 is 18.7. The number of nitrogens with one attached hydrogen (secondary N) is 4. The van der Waals surface area contributed by atoms with Gasteiger partial charge in [0.05, 0.1) is 22.5 Å². The molecular formula is C41H41N9O5. The summed E-state index contributed by atoms with van der Waals surface area (Å²) in [5, 5.41) is 22.7. The SMILES string of the molecule is Cc1ccc(-n2nc(C(C)(C)C)cc2NC(=O)Nc2ccc(Oc3ccnc(Nc4ccc5onc(NC(=O)OC(C)(C)C)c5c4)n3)c3ccccc23)cc1. The van der Waals surface area contributed by atoms with Gasteiger partial charge in [-0.2, -0.15) is 10.1 Å². The number of benzene rings is 4. The molecule has 3 aromatic heterocycles. The van der Waals surface area contributed by atoms with Crippen molar-refractivity contribution in [3.05, 3.63) is 108 Å². The lowest BCUT2D eigenvalue weighted by Crippen LogP contribution is -2.27. The van der Waals surface area contributed by atoms with Crippen LogP contribution in [0.4, 0.5) is 38.5 Å². The zero-order chi connectivity index (χ0) is 38.9. The number of amides is 3. The molecule has 14 nitrogen and oxygen atoms in total. The Balaban J connectivity index is 1.08. The Morgan fingerprint density at radius 2 is 1.56 bits per heavy atom. The maximum Gasteiger partial charge on any atom is 0.413 e. The van der Waals surface area contributed by atoms with Crippen molar-refractivity contribution in [3.63, 3.8) is 0 Å². The maximum absolute atomic E-state index is 13.5. The molecule has 0 atom stereocenters. The molecule has 0 spiro atoms. The van der Waals surface area contributed by atoms with Crippen LogP contribution in [0.5, 0.6) is 11.6 Å². The third-order valence-electron chi connectivity index (χ3n) is 8.32. The van der Waals surface area contributed by atoms with Crippen LogP contribution in [-0.4, -0.2) is 42.6 Å². The van der Waals surface area contributed by atoms with Gasteiger partial charge < -0.3 is 24.6 Å². The lowest BCUT2D eigenvalue weighted by Gasteiger charge is -2.19. The van der Waals surface area contributed by atoms with Crippen molar-refractivity contribution >= 4 is 62.8 Å². The first-order chi connectivity index (χ1) is 26.2. The highest BCUT2D eigenvalue weighted by molar-refractivity contribution is 6.07. The third kappa shape index (κ3) is 8.49. The minimum absolute atomic E-state index is 0.219. The van der Waals surface area contributed by atoms with Crippen LogP contribution in [0.25, 0.3) is 27.4 Å². The van der Waals surface area contributed by atoms with Gasteiger partial charge in [0.1, 0.15) is 17.2 Å². The molecule has 3 heterocycles. The number of aryl methyl sites for hydroxylation is 1. The Hall–Kier alpha value is -6.96. The third-order valence-corrected chi connectivity index (χ3v) is 8.32. The van der Waals surface area contributed by atoms with Gasteiger partial charge >= 0.3 is 12.1 Å². The van der Waals surface area contributed by atoms with Crippen LogP contribution >= 0.6 is 0 Å². The Bertz CT molecular complexity index is 2530. The molecule has 0 saturated carbocycles. The first kappa shape index (κ1) is 36.4. The highest BCUT2D eigenvalue weighted by Crippen LogP contribution is 2.35. The van der Waals surface area contributed by atoms with Gasteiger partial charge in [0, 0.05) is 40.2 Å². The first-order valence-corrected chi connectivity index (χ1v) is 17.6. The van der Waals surface area contributed by atoms with E-state index in [1.807, 2.05) is 61.5 Å². The van der Waals surface area contributed by atoms with E-state index in [1.54, 1.807) is 68.0 Å². The minimum Gasteiger partial charge on any atom is -0.444 e. The molecule has 4 N–H and O–H groups in total. The fourth-order valence-electron chi connectivity index (χ4n) is 5.67. The number of hydrogen-bond acceptors (Lipinski definition) is 10. The van der Waals surface area contributed by atoms with Crippen molar-refractivity contribution in [2.24, 2.45) is 0 Å². The molecule has 14 heteroatoms. The number of aromatic nitrogens is 5. The van der Waals surface area contributed by atoms with Gasteiger partial charge in [0.15, 0.2) is 11.4 Å². The highest BCUT2D eigenvalue weighted by atomic mass is 16.6. The average Bonchev–Trinajstić information content (AvgIpc) is 3.73. The summed E-state index contributed by atoms with van der Waals surface area (Å²) in [7, 11) is 0. The van der Waals surface area contributed by atoms with Gasteiger partial charge in [-0.1, -0.05) is 67.9 Å². The number of hydrogen-bond donors (Lipinski definition) is 4. The predicted octanol–water partition coefficient (Wildman–Crippen LogP) is 10.1. The van der Waals surface area contributed by atoms with Gasteiger partial charge in [-0.3, -0.25) is 10.6 Å². The van der Waals surface area contributed by atoms with Crippen molar-refractivity contribution in [1.82, 2.24) is 24.9 Å². The number of fused-ring (bicyclic) bond motifs is 2. The second-order valence-electron chi connectivity index (χ2n) is 15.0. The molecule has 0 bridgehead atoms. The van der Waals surface area contributed by atoms with Crippen molar-refractivity contribution in [1.29, 1.82) is 0 Å². The van der Waals surface area contributed by atoms with Crippen LogP contribution in [0, 0.1) is 6.92 Å². The number of ether oxygens (including phenoxy) is 2. The Kier molecular flexibility index (Phi) is 9.57. The summed E-state index contributed by atoms with van der Waals surface area (Å²) in [4.78, 5) is 34.8. The van der Waals surface area contributed by atoms with Crippen molar-refractivity contribution in [3.8, 4) is 17.3 Å². The second-order valence-corrected chi connectivity index (χ2v) is 15.0. The summed E-state index contributed by atoms with van der Waals surface area (Å²) >= 11 is 0. The van der Waals surface area contributed by atoms with Crippen molar-refractivity contribution < 1.29 is 23.6 Å². The molecule has 0 saturated heterocycles. The molecule has 0 unspecified atom stereocenters. The second kappa shape index (κ2) is 14.5. The standard InChI is InChI=1S/C41H41N9O5/c1-24-12-15-26(16-13-24)50-34(23-33(48-50)40(2,3)4)45-38(51)44-30-17-19-31(28-11-9-8-10-27(28)30)53-35-20-21-42-37(46-35)43-25-14-18-32-29(22-25)36(49-55-32)47-39(52)54-41(5,6)7/h8-23H,1-7H3,(H,42,43,46)(H2,44,45,51)(H,47,49,52). The Labute approximate surface area is 317 Å². The topological polar surface area (TPSA) is 170 Å². The number of urea groups is 1. The van der Waals surface area contributed by atoms with Crippen LogP contribution in [0.15, 0.2) is 102 Å². The quantitative estimate of drug-likeness (QED) is 0.118. The minimum atomic E-state index is -0.673. The van der Waals surface area contributed by atoms with E-state index < -0.39 is 17.7 Å². The van der Waals surface area contributed by atoms with Gasteiger partial charge in [0.25, 0.3) is 0 Å². The molecule has 0 aliphatic rings. The van der Waals surface area contributed by atoms with Crippen LogP contribution in [0.3, 0.4) is 0 Å². The zero-order valence-corrected chi connectivity index (χ0v) is 31.5.